The maximum absolute atomic E-state index is 12.4. The van der Waals surface area contributed by atoms with E-state index in [2.05, 4.69) is 4.98 Å². The first-order valence-electron chi connectivity index (χ1n) is 6.08. The molecule has 4 nitrogen and oxygen atoms in total. The monoisotopic (exact) mass is 274 g/mol. The first kappa shape index (κ1) is 12.3. The number of rotatable bonds is 3. The molecule has 1 saturated heterocycles. The van der Waals surface area contributed by atoms with Crippen molar-refractivity contribution >= 4 is 10.0 Å². The Balaban J connectivity index is 1.86. The molecule has 0 bridgehead atoms. The van der Waals surface area contributed by atoms with E-state index in [1.54, 1.807) is 18.3 Å². The minimum atomic E-state index is -3.46. The van der Waals surface area contributed by atoms with E-state index < -0.39 is 10.0 Å². The van der Waals surface area contributed by atoms with Crippen LogP contribution in [0.2, 0.25) is 0 Å². The van der Waals surface area contributed by atoms with Crippen LogP contribution in [0.5, 0.6) is 0 Å². The third-order valence-corrected chi connectivity index (χ3v) is 5.00. The molecule has 98 valence electrons. The second-order valence-corrected chi connectivity index (χ2v) is 6.51. The van der Waals surface area contributed by atoms with Crippen molar-refractivity contribution in [3.63, 3.8) is 0 Å². The van der Waals surface area contributed by atoms with Gasteiger partial charge in [0.05, 0.1) is 6.04 Å². The molecule has 2 aromatic rings. The quantitative estimate of drug-likeness (QED) is 0.806. The van der Waals surface area contributed by atoms with Crippen molar-refractivity contribution < 1.29 is 8.42 Å². The zero-order chi connectivity index (χ0) is 13.5. The number of aryl methyl sites for hydroxylation is 1. The van der Waals surface area contributed by atoms with Gasteiger partial charge in [0.15, 0.2) is 5.03 Å². The van der Waals surface area contributed by atoms with Crippen LogP contribution in [0.25, 0.3) is 0 Å². The minimum absolute atomic E-state index is 0.0469. The van der Waals surface area contributed by atoms with Crippen LogP contribution in [0.1, 0.15) is 17.2 Å². The number of nitrogens with zero attached hydrogens (tertiary/aromatic N) is 2. The molecule has 5 heteroatoms. The summed E-state index contributed by atoms with van der Waals surface area (Å²) < 4.78 is 26.2. The smallest absolute Gasteiger partial charge is 0.243 e. The molecular weight excluding hydrogens is 260 g/mol. The molecule has 2 heterocycles. The third-order valence-electron chi connectivity index (χ3n) is 3.21. The summed E-state index contributed by atoms with van der Waals surface area (Å²) in [5.41, 5.74) is 1.97. The predicted molar refractivity (Wildman–Crippen MR) is 72.0 cm³/mol. The van der Waals surface area contributed by atoms with Crippen LogP contribution < -0.4 is 0 Å². The van der Waals surface area contributed by atoms with Crippen molar-refractivity contribution in [3.8, 4) is 0 Å². The molecule has 0 aliphatic carbocycles. The van der Waals surface area contributed by atoms with E-state index in [1.165, 1.54) is 4.31 Å². The summed E-state index contributed by atoms with van der Waals surface area (Å²) >= 11 is 0. The molecule has 19 heavy (non-hydrogen) atoms. The summed E-state index contributed by atoms with van der Waals surface area (Å²) in [4.78, 5) is 4.01. The minimum Gasteiger partial charge on any atom is -0.243 e. The van der Waals surface area contributed by atoms with Crippen LogP contribution >= 0.6 is 0 Å². The summed E-state index contributed by atoms with van der Waals surface area (Å²) in [5, 5.41) is 0.122. The standard InChI is InChI=1S/C14H14N2O2S/c1-11-7-8-14(15-9-11)19(17,18)16-10-13(16)12-5-3-2-4-6-12/h2-9,13H,10H2,1H3. The Morgan fingerprint density at radius 1 is 1.16 bits per heavy atom. The fourth-order valence-corrected chi connectivity index (χ4v) is 3.52. The SMILES string of the molecule is Cc1ccc(S(=O)(=O)N2CC2c2ccccc2)nc1. The van der Waals surface area contributed by atoms with Crippen LogP contribution in [-0.2, 0) is 10.0 Å². The average Bonchev–Trinajstić information content (AvgIpc) is 3.21. The van der Waals surface area contributed by atoms with Gasteiger partial charge in [0.25, 0.3) is 10.0 Å². The topological polar surface area (TPSA) is 50.0 Å². The largest absolute Gasteiger partial charge is 0.261 e. The summed E-state index contributed by atoms with van der Waals surface area (Å²) in [6, 6.07) is 12.9. The highest BCUT2D eigenvalue weighted by atomic mass is 32.2. The zero-order valence-electron chi connectivity index (χ0n) is 10.5. The third kappa shape index (κ3) is 2.27. The van der Waals surface area contributed by atoms with Crippen LogP contribution in [0.4, 0.5) is 0 Å². The first-order chi connectivity index (χ1) is 9.09. The average molecular weight is 274 g/mol. The number of hydrogen-bond donors (Lipinski definition) is 0. The zero-order valence-corrected chi connectivity index (χ0v) is 11.3. The second kappa shape index (κ2) is 4.43. The molecule has 1 aromatic heterocycles. The van der Waals surface area contributed by atoms with Gasteiger partial charge in [-0.05, 0) is 24.1 Å². The molecule has 0 saturated carbocycles. The number of benzene rings is 1. The van der Waals surface area contributed by atoms with Crippen LogP contribution in [0, 0.1) is 6.92 Å². The van der Waals surface area contributed by atoms with E-state index in [-0.39, 0.29) is 11.1 Å². The van der Waals surface area contributed by atoms with Crippen molar-refractivity contribution in [2.45, 2.75) is 18.0 Å². The molecule has 0 amide bonds. The molecule has 1 aromatic carbocycles. The van der Waals surface area contributed by atoms with Crippen LogP contribution in [-0.4, -0.2) is 24.3 Å². The second-order valence-electron chi connectivity index (χ2n) is 4.67. The normalized spacial score (nSPS) is 22.2. The molecule has 0 N–H and O–H groups in total. The fourth-order valence-electron chi connectivity index (χ4n) is 2.06. The molecule has 3 rings (SSSR count). The highest BCUT2D eigenvalue weighted by molar-refractivity contribution is 7.89. The summed E-state index contributed by atoms with van der Waals surface area (Å²) in [5.74, 6) is 0. The summed E-state index contributed by atoms with van der Waals surface area (Å²) in [6.07, 6.45) is 1.58. The Hall–Kier alpha value is -1.72. The van der Waals surface area contributed by atoms with Gasteiger partial charge in [0.1, 0.15) is 0 Å². The summed E-state index contributed by atoms with van der Waals surface area (Å²) in [6.45, 7) is 2.41. The van der Waals surface area contributed by atoms with Gasteiger partial charge in [-0.15, -0.1) is 0 Å². The molecule has 0 spiro atoms. The molecular formula is C14H14N2O2S. The van der Waals surface area contributed by atoms with Gasteiger partial charge >= 0.3 is 0 Å². The Labute approximate surface area is 112 Å². The Kier molecular flexibility index (Phi) is 2.88. The van der Waals surface area contributed by atoms with Crippen molar-refractivity contribution in [1.29, 1.82) is 0 Å². The Morgan fingerprint density at radius 2 is 1.89 bits per heavy atom. The van der Waals surface area contributed by atoms with E-state index in [9.17, 15) is 8.42 Å². The first-order valence-corrected chi connectivity index (χ1v) is 7.52. The predicted octanol–water partition coefficient (Wildman–Crippen LogP) is 2.14. The van der Waals surface area contributed by atoms with E-state index in [4.69, 9.17) is 0 Å². The van der Waals surface area contributed by atoms with Gasteiger partial charge < -0.3 is 0 Å². The van der Waals surface area contributed by atoms with Crippen molar-refractivity contribution in [3.05, 3.63) is 59.8 Å². The van der Waals surface area contributed by atoms with Crippen molar-refractivity contribution in [2.75, 3.05) is 6.54 Å². The number of pyridine rings is 1. The molecule has 2 unspecified atom stereocenters. The van der Waals surface area contributed by atoms with Gasteiger partial charge in [-0.1, -0.05) is 36.4 Å². The number of aromatic nitrogens is 1. The van der Waals surface area contributed by atoms with Gasteiger partial charge in [-0.2, -0.15) is 4.31 Å². The van der Waals surface area contributed by atoms with Gasteiger partial charge in [0, 0.05) is 12.7 Å². The lowest BCUT2D eigenvalue weighted by atomic mass is 10.2. The highest BCUT2D eigenvalue weighted by Crippen LogP contribution is 2.39. The maximum Gasteiger partial charge on any atom is 0.261 e. The molecule has 2 atom stereocenters. The summed E-state index contributed by atoms with van der Waals surface area (Å²) in [7, 11) is -3.46. The van der Waals surface area contributed by atoms with E-state index in [0.717, 1.165) is 11.1 Å². The van der Waals surface area contributed by atoms with E-state index >= 15 is 0 Å². The number of sulfonamides is 1. The Morgan fingerprint density at radius 3 is 2.53 bits per heavy atom. The molecule has 1 aliphatic heterocycles. The van der Waals surface area contributed by atoms with E-state index in [1.807, 2.05) is 37.3 Å². The molecule has 1 aliphatic rings. The van der Waals surface area contributed by atoms with Crippen LogP contribution in [0.3, 0.4) is 0 Å². The fraction of sp³-hybridized carbons (Fsp3) is 0.214. The highest BCUT2D eigenvalue weighted by Gasteiger charge is 2.45. The molecule has 1 fully saturated rings. The van der Waals surface area contributed by atoms with Gasteiger partial charge in [-0.25, -0.2) is 13.4 Å². The van der Waals surface area contributed by atoms with Crippen molar-refractivity contribution in [2.24, 2.45) is 0 Å². The number of hydrogen-bond acceptors (Lipinski definition) is 3. The maximum atomic E-state index is 12.4. The lowest BCUT2D eigenvalue weighted by molar-refractivity contribution is 0.550. The lowest BCUT2D eigenvalue weighted by Crippen LogP contribution is -2.14. The van der Waals surface area contributed by atoms with Gasteiger partial charge in [0.2, 0.25) is 0 Å². The van der Waals surface area contributed by atoms with Gasteiger partial charge in [-0.3, -0.25) is 0 Å². The lowest BCUT2D eigenvalue weighted by Gasteiger charge is -2.05. The molecule has 0 radical (unpaired) electrons. The van der Waals surface area contributed by atoms with E-state index in [0.29, 0.717) is 6.54 Å². The van der Waals surface area contributed by atoms with Crippen LogP contribution in [0.15, 0.2) is 53.7 Å². The Bertz CT molecular complexity index is 681. The van der Waals surface area contributed by atoms with Crippen molar-refractivity contribution in [1.82, 2.24) is 9.29 Å².